The standard InChI is InChI=1S/C13H15ClN2O/c1-3-9(2)16-12(8-14)15-11-7-5-4-6-10(11)13(16)17/h4-7,9H,3,8H2,1-2H3. The Bertz CT molecular complexity index is 591. The van der Waals surface area contributed by atoms with E-state index in [0.29, 0.717) is 16.7 Å². The summed E-state index contributed by atoms with van der Waals surface area (Å²) < 4.78 is 1.70. The van der Waals surface area contributed by atoms with E-state index < -0.39 is 0 Å². The van der Waals surface area contributed by atoms with E-state index in [-0.39, 0.29) is 17.5 Å². The number of hydrogen-bond donors (Lipinski definition) is 0. The molecule has 0 saturated carbocycles. The molecule has 1 aromatic carbocycles. The molecule has 0 amide bonds. The van der Waals surface area contributed by atoms with Gasteiger partial charge >= 0.3 is 0 Å². The number of alkyl halides is 1. The zero-order chi connectivity index (χ0) is 12.4. The summed E-state index contributed by atoms with van der Waals surface area (Å²) in [5.41, 5.74) is 0.716. The maximum absolute atomic E-state index is 12.4. The zero-order valence-electron chi connectivity index (χ0n) is 9.98. The Morgan fingerprint density at radius 3 is 2.76 bits per heavy atom. The van der Waals surface area contributed by atoms with Crippen LogP contribution in [-0.4, -0.2) is 9.55 Å². The summed E-state index contributed by atoms with van der Waals surface area (Å²) in [6, 6.07) is 7.50. The van der Waals surface area contributed by atoms with Crippen LogP contribution in [0, 0.1) is 0 Å². The maximum Gasteiger partial charge on any atom is 0.261 e. The number of hydrogen-bond acceptors (Lipinski definition) is 2. The van der Waals surface area contributed by atoms with Crippen LogP contribution in [-0.2, 0) is 5.88 Å². The van der Waals surface area contributed by atoms with Crippen molar-refractivity contribution in [2.24, 2.45) is 0 Å². The second-order valence-corrected chi connectivity index (χ2v) is 4.38. The molecule has 1 unspecified atom stereocenters. The van der Waals surface area contributed by atoms with E-state index in [4.69, 9.17) is 11.6 Å². The molecule has 90 valence electrons. The van der Waals surface area contributed by atoms with Gasteiger partial charge in [0.1, 0.15) is 5.82 Å². The first kappa shape index (κ1) is 12.1. The SMILES string of the molecule is CCC(C)n1c(CCl)nc2ccccc2c1=O. The molecule has 2 aromatic rings. The van der Waals surface area contributed by atoms with Crippen molar-refractivity contribution in [3.05, 3.63) is 40.4 Å². The molecule has 0 aliphatic carbocycles. The van der Waals surface area contributed by atoms with Gasteiger partial charge in [0, 0.05) is 6.04 Å². The van der Waals surface area contributed by atoms with Gasteiger partial charge < -0.3 is 0 Å². The summed E-state index contributed by atoms with van der Waals surface area (Å²) in [6.07, 6.45) is 0.879. The van der Waals surface area contributed by atoms with Gasteiger partial charge in [0.25, 0.3) is 5.56 Å². The quantitative estimate of drug-likeness (QED) is 0.785. The van der Waals surface area contributed by atoms with E-state index in [1.807, 2.05) is 38.1 Å². The molecule has 1 aromatic heterocycles. The van der Waals surface area contributed by atoms with Gasteiger partial charge in [-0.15, -0.1) is 11.6 Å². The molecular formula is C13H15ClN2O. The average Bonchev–Trinajstić information content (AvgIpc) is 2.37. The van der Waals surface area contributed by atoms with E-state index in [0.717, 1.165) is 6.42 Å². The minimum Gasteiger partial charge on any atom is -0.292 e. The van der Waals surface area contributed by atoms with Crippen molar-refractivity contribution in [3.8, 4) is 0 Å². The molecule has 0 aliphatic rings. The molecule has 0 saturated heterocycles. The van der Waals surface area contributed by atoms with Crippen LogP contribution >= 0.6 is 11.6 Å². The first-order valence-electron chi connectivity index (χ1n) is 5.75. The minimum atomic E-state index is 0.000556. The predicted octanol–water partition coefficient (Wildman–Crippen LogP) is 3.11. The van der Waals surface area contributed by atoms with Crippen molar-refractivity contribution in [1.82, 2.24) is 9.55 Å². The van der Waals surface area contributed by atoms with Crippen LogP contribution in [0.4, 0.5) is 0 Å². The molecule has 2 rings (SSSR count). The number of halogens is 1. The number of para-hydroxylation sites is 1. The van der Waals surface area contributed by atoms with Crippen LogP contribution < -0.4 is 5.56 Å². The van der Waals surface area contributed by atoms with Crippen molar-refractivity contribution in [2.45, 2.75) is 32.2 Å². The van der Waals surface area contributed by atoms with Crippen LogP contribution in [0.3, 0.4) is 0 Å². The fraction of sp³-hybridized carbons (Fsp3) is 0.385. The molecule has 0 aliphatic heterocycles. The molecule has 1 atom stereocenters. The van der Waals surface area contributed by atoms with Gasteiger partial charge in [0.05, 0.1) is 16.8 Å². The highest BCUT2D eigenvalue weighted by molar-refractivity contribution is 6.16. The van der Waals surface area contributed by atoms with E-state index in [1.165, 1.54) is 0 Å². The number of nitrogens with zero attached hydrogens (tertiary/aromatic N) is 2. The van der Waals surface area contributed by atoms with E-state index in [1.54, 1.807) is 4.57 Å². The van der Waals surface area contributed by atoms with Crippen molar-refractivity contribution in [2.75, 3.05) is 0 Å². The molecule has 0 bridgehead atoms. The molecule has 0 spiro atoms. The van der Waals surface area contributed by atoms with Crippen LogP contribution in [0.2, 0.25) is 0 Å². The summed E-state index contributed by atoms with van der Waals surface area (Å²) in [4.78, 5) is 16.8. The Balaban J connectivity index is 2.81. The van der Waals surface area contributed by atoms with Gasteiger partial charge in [0.2, 0.25) is 0 Å². The molecule has 1 heterocycles. The summed E-state index contributed by atoms with van der Waals surface area (Å²) >= 11 is 5.88. The Morgan fingerprint density at radius 2 is 2.12 bits per heavy atom. The van der Waals surface area contributed by atoms with Crippen LogP contribution in [0.1, 0.15) is 32.1 Å². The van der Waals surface area contributed by atoms with Crippen molar-refractivity contribution < 1.29 is 0 Å². The second-order valence-electron chi connectivity index (χ2n) is 4.11. The summed E-state index contributed by atoms with van der Waals surface area (Å²) in [7, 11) is 0. The monoisotopic (exact) mass is 250 g/mol. The molecule has 0 N–H and O–H groups in total. The normalized spacial score (nSPS) is 12.9. The first-order valence-corrected chi connectivity index (χ1v) is 6.28. The summed E-state index contributed by atoms with van der Waals surface area (Å²) in [6.45, 7) is 4.05. The first-order chi connectivity index (χ1) is 8.19. The highest BCUT2D eigenvalue weighted by Crippen LogP contribution is 2.15. The lowest BCUT2D eigenvalue weighted by Gasteiger charge is -2.17. The number of rotatable bonds is 3. The van der Waals surface area contributed by atoms with Crippen molar-refractivity contribution >= 4 is 22.5 Å². The lowest BCUT2D eigenvalue weighted by Crippen LogP contribution is -2.27. The van der Waals surface area contributed by atoms with Gasteiger partial charge in [-0.3, -0.25) is 9.36 Å². The third-order valence-electron chi connectivity index (χ3n) is 3.03. The number of aromatic nitrogens is 2. The molecule has 17 heavy (non-hydrogen) atoms. The molecule has 3 nitrogen and oxygen atoms in total. The third kappa shape index (κ3) is 2.07. The van der Waals surface area contributed by atoms with Crippen molar-refractivity contribution in [1.29, 1.82) is 0 Å². The lowest BCUT2D eigenvalue weighted by molar-refractivity contribution is 0.495. The van der Waals surface area contributed by atoms with Crippen LogP contribution in [0.15, 0.2) is 29.1 Å². The van der Waals surface area contributed by atoms with Gasteiger partial charge in [-0.25, -0.2) is 4.98 Å². The highest BCUT2D eigenvalue weighted by atomic mass is 35.5. The smallest absolute Gasteiger partial charge is 0.261 e. The van der Waals surface area contributed by atoms with Crippen LogP contribution in [0.5, 0.6) is 0 Å². The van der Waals surface area contributed by atoms with Gasteiger partial charge in [-0.2, -0.15) is 0 Å². The fourth-order valence-electron chi connectivity index (χ4n) is 1.92. The Labute approximate surface area is 105 Å². The Morgan fingerprint density at radius 1 is 1.41 bits per heavy atom. The Kier molecular flexibility index (Phi) is 3.48. The lowest BCUT2D eigenvalue weighted by atomic mass is 10.2. The van der Waals surface area contributed by atoms with Gasteiger partial charge in [-0.05, 0) is 25.5 Å². The Hall–Kier alpha value is -1.35. The fourth-order valence-corrected chi connectivity index (χ4v) is 2.11. The van der Waals surface area contributed by atoms with Gasteiger partial charge in [0.15, 0.2) is 0 Å². The van der Waals surface area contributed by atoms with E-state index in [9.17, 15) is 4.79 Å². The summed E-state index contributed by atoms with van der Waals surface area (Å²) in [5.74, 6) is 0.898. The number of fused-ring (bicyclic) bond motifs is 1. The molecular weight excluding hydrogens is 236 g/mol. The molecule has 0 radical (unpaired) electrons. The highest BCUT2D eigenvalue weighted by Gasteiger charge is 2.13. The third-order valence-corrected chi connectivity index (χ3v) is 3.27. The average molecular weight is 251 g/mol. The molecule has 4 heteroatoms. The van der Waals surface area contributed by atoms with Gasteiger partial charge in [-0.1, -0.05) is 19.1 Å². The maximum atomic E-state index is 12.4. The predicted molar refractivity (Wildman–Crippen MR) is 70.6 cm³/mol. The minimum absolute atomic E-state index is 0.000556. The number of benzene rings is 1. The van der Waals surface area contributed by atoms with Crippen molar-refractivity contribution in [3.63, 3.8) is 0 Å². The topological polar surface area (TPSA) is 34.9 Å². The van der Waals surface area contributed by atoms with Crippen LogP contribution in [0.25, 0.3) is 10.9 Å². The van der Waals surface area contributed by atoms with E-state index in [2.05, 4.69) is 4.98 Å². The zero-order valence-corrected chi connectivity index (χ0v) is 10.7. The largest absolute Gasteiger partial charge is 0.292 e. The summed E-state index contributed by atoms with van der Waals surface area (Å²) in [5, 5.41) is 0.654. The van der Waals surface area contributed by atoms with E-state index >= 15 is 0 Å². The molecule has 0 fully saturated rings. The second kappa shape index (κ2) is 4.88.